The van der Waals surface area contributed by atoms with Gasteiger partial charge in [0.25, 0.3) is 0 Å². The van der Waals surface area contributed by atoms with Gasteiger partial charge in [0, 0.05) is 18.0 Å². The Kier molecular flexibility index (Phi) is 7.04. The Hall–Kier alpha value is -4.57. The minimum absolute atomic E-state index is 0.0664. The molecule has 6 atom stereocenters. The molecule has 3 fully saturated rings. The van der Waals surface area contributed by atoms with E-state index in [0.717, 1.165) is 22.6 Å². The number of fused-ring (bicyclic) bond motifs is 4. The summed E-state index contributed by atoms with van der Waals surface area (Å²) in [6, 6.07) is 14.0. The van der Waals surface area contributed by atoms with E-state index in [1.165, 1.54) is 41.3 Å². The highest BCUT2D eigenvalue weighted by atomic mass is 35.5. The molecule has 0 radical (unpaired) electrons. The summed E-state index contributed by atoms with van der Waals surface area (Å²) >= 11 is 6.02. The second kappa shape index (κ2) is 10.8. The van der Waals surface area contributed by atoms with Gasteiger partial charge < -0.3 is 10.2 Å². The van der Waals surface area contributed by atoms with Crippen molar-refractivity contribution < 1.29 is 38.2 Å². The maximum atomic E-state index is 14.8. The number of allylic oxidation sites excluding steroid dienone is 2. The molecule has 3 aromatic carbocycles. The van der Waals surface area contributed by atoms with Gasteiger partial charge >= 0.3 is 0 Å². The first-order chi connectivity index (χ1) is 21.9. The maximum absolute atomic E-state index is 14.8. The molecular weight excluding hydrogens is 618 g/mol. The quantitative estimate of drug-likeness (QED) is 0.279. The summed E-state index contributed by atoms with van der Waals surface area (Å²) in [4.78, 5) is 58.4. The third kappa shape index (κ3) is 4.30. The molecule has 2 heterocycles. The lowest BCUT2D eigenvalue weighted by Gasteiger charge is -2.49. The zero-order valence-corrected chi connectivity index (χ0v) is 25.4. The number of phenolic OH excluding ortho intramolecular Hbond substituents is 2. The molecule has 46 heavy (non-hydrogen) atoms. The standard InChI is InChI=1S/C35H29ClF2N2O6/c1-35-24(32(44)40(34(35)46)18-7-12-26(37)25(36)15-18)16-23-20(29(35)22-3-2-4-27(38)30(22)42)10-11-21-28(23)33(45)39(31(21)43)14-13-17-5-8-19(41)9-6-17/h2-10,12,15,21,23-24,28-29,41-42H,11,13-14,16H2,1H3/t21-,23+,24-,28-,29+,35+/m0/s1. The van der Waals surface area contributed by atoms with Gasteiger partial charge in [0.2, 0.25) is 23.6 Å². The first-order valence-electron chi connectivity index (χ1n) is 15.1. The monoisotopic (exact) mass is 646 g/mol. The fourth-order valence-corrected chi connectivity index (χ4v) is 8.36. The number of carbonyl (C=O) groups excluding carboxylic acids is 4. The minimum Gasteiger partial charge on any atom is -0.508 e. The van der Waals surface area contributed by atoms with E-state index >= 15 is 0 Å². The van der Waals surface area contributed by atoms with Crippen molar-refractivity contribution in [3.63, 3.8) is 0 Å². The zero-order valence-electron chi connectivity index (χ0n) is 24.6. The van der Waals surface area contributed by atoms with Crippen molar-refractivity contribution in [3.8, 4) is 11.5 Å². The van der Waals surface area contributed by atoms with Gasteiger partial charge in [-0.25, -0.2) is 13.7 Å². The summed E-state index contributed by atoms with van der Waals surface area (Å²) in [7, 11) is 0. The lowest BCUT2D eigenvalue weighted by Crippen LogP contribution is -2.49. The number of halogens is 3. The summed E-state index contributed by atoms with van der Waals surface area (Å²) in [6.07, 6.45) is 2.46. The Morgan fingerprint density at radius 1 is 0.913 bits per heavy atom. The van der Waals surface area contributed by atoms with Crippen LogP contribution in [0.4, 0.5) is 14.5 Å². The lowest BCUT2D eigenvalue weighted by molar-refractivity contribution is -0.140. The van der Waals surface area contributed by atoms with Crippen LogP contribution in [-0.2, 0) is 25.6 Å². The number of imide groups is 2. The summed E-state index contributed by atoms with van der Waals surface area (Å²) in [5, 5.41) is 20.3. The number of amides is 4. The van der Waals surface area contributed by atoms with E-state index in [1.807, 2.05) is 6.08 Å². The second-order valence-corrected chi connectivity index (χ2v) is 13.1. The molecule has 2 aliphatic heterocycles. The van der Waals surface area contributed by atoms with Crippen LogP contribution in [0.5, 0.6) is 11.5 Å². The molecule has 7 rings (SSSR count). The number of phenols is 2. The van der Waals surface area contributed by atoms with Crippen LogP contribution in [0.3, 0.4) is 0 Å². The SMILES string of the molecule is C[C@@]12C(=O)N(c3ccc(F)c(Cl)c3)C(=O)[C@@H]1C[C@@H]1C(=CC[C@@H]3C(=O)N(CCc4ccc(O)cc4)C(=O)[C@@H]31)[C@@H]2c1cccc(F)c1O. The van der Waals surface area contributed by atoms with Gasteiger partial charge in [-0.1, -0.05) is 47.5 Å². The van der Waals surface area contributed by atoms with E-state index < -0.39 is 64.2 Å². The highest BCUT2D eigenvalue weighted by Crippen LogP contribution is 2.64. The summed E-state index contributed by atoms with van der Waals surface area (Å²) in [5.74, 6) is -8.24. The molecule has 1 saturated carbocycles. The smallest absolute Gasteiger partial charge is 0.241 e. The van der Waals surface area contributed by atoms with Gasteiger partial charge in [0.1, 0.15) is 11.6 Å². The number of para-hydroxylation sites is 1. The molecule has 0 aromatic heterocycles. The Balaban J connectivity index is 1.30. The summed E-state index contributed by atoms with van der Waals surface area (Å²) in [5.41, 5.74) is 0.0909. The Bertz CT molecular complexity index is 1860. The van der Waals surface area contributed by atoms with E-state index in [0.29, 0.717) is 12.0 Å². The van der Waals surface area contributed by atoms with Gasteiger partial charge in [0.15, 0.2) is 11.6 Å². The van der Waals surface area contributed by atoms with Crippen LogP contribution in [0.15, 0.2) is 72.3 Å². The number of hydrogen-bond donors (Lipinski definition) is 2. The maximum Gasteiger partial charge on any atom is 0.241 e. The largest absolute Gasteiger partial charge is 0.508 e. The van der Waals surface area contributed by atoms with Crippen molar-refractivity contribution in [2.75, 3.05) is 11.4 Å². The average Bonchev–Trinajstić information content (AvgIpc) is 3.39. The Morgan fingerprint density at radius 3 is 2.37 bits per heavy atom. The number of likely N-dealkylation sites (tertiary alicyclic amines) is 1. The lowest BCUT2D eigenvalue weighted by atomic mass is 9.51. The van der Waals surface area contributed by atoms with Crippen molar-refractivity contribution in [1.82, 2.24) is 4.90 Å². The molecule has 0 spiro atoms. The van der Waals surface area contributed by atoms with Crippen molar-refractivity contribution in [3.05, 3.63) is 100 Å². The first-order valence-corrected chi connectivity index (χ1v) is 15.4. The molecule has 3 aromatic rings. The summed E-state index contributed by atoms with van der Waals surface area (Å²) in [6.45, 7) is 1.73. The third-order valence-electron chi connectivity index (χ3n) is 10.4. The number of aromatic hydroxyl groups is 2. The van der Waals surface area contributed by atoms with Crippen molar-refractivity contribution in [2.24, 2.45) is 29.1 Å². The van der Waals surface area contributed by atoms with Crippen LogP contribution in [0.25, 0.3) is 0 Å². The highest BCUT2D eigenvalue weighted by Gasteiger charge is 2.68. The Morgan fingerprint density at radius 2 is 1.65 bits per heavy atom. The molecule has 2 N–H and O–H groups in total. The number of rotatable bonds is 5. The molecule has 11 heteroatoms. The van der Waals surface area contributed by atoms with Crippen molar-refractivity contribution in [1.29, 1.82) is 0 Å². The normalized spacial score (nSPS) is 28.7. The van der Waals surface area contributed by atoms with E-state index in [9.17, 15) is 38.2 Å². The number of anilines is 1. The number of nitrogens with zero attached hydrogens (tertiary/aromatic N) is 2. The fourth-order valence-electron chi connectivity index (χ4n) is 8.18. The molecule has 236 valence electrons. The van der Waals surface area contributed by atoms with Crippen LogP contribution in [0, 0.1) is 40.7 Å². The molecule has 4 aliphatic rings. The molecular formula is C35H29ClF2N2O6. The van der Waals surface area contributed by atoms with Gasteiger partial charge in [-0.2, -0.15) is 0 Å². The predicted octanol–water partition coefficient (Wildman–Crippen LogP) is 5.50. The van der Waals surface area contributed by atoms with Crippen LogP contribution in [0.1, 0.15) is 36.8 Å². The van der Waals surface area contributed by atoms with Gasteiger partial charge in [-0.3, -0.25) is 24.1 Å². The van der Waals surface area contributed by atoms with E-state index in [-0.39, 0.29) is 53.2 Å². The number of carbonyl (C=O) groups is 4. The van der Waals surface area contributed by atoms with Crippen LogP contribution in [0.2, 0.25) is 5.02 Å². The van der Waals surface area contributed by atoms with E-state index in [1.54, 1.807) is 19.1 Å². The number of hydrogen-bond acceptors (Lipinski definition) is 6. The van der Waals surface area contributed by atoms with Crippen LogP contribution in [-0.4, -0.2) is 45.3 Å². The van der Waals surface area contributed by atoms with Gasteiger partial charge in [-0.05, 0) is 74.1 Å². The fraction of sp³-hybridized carbons (Fsp3) is 0.314. The van der Waals surface area contributed by atoms with Gasteiger partial charge in [0.05, 0.1) is 33.9 Å². The zero-order chi connectivity index (χ0) is 32.7. The topological polar surface area (TPSA) is 115 Å². The average molecular weight is 647 g/mol. The number of benzene rings is 3. The third-order valence-corrected chi connectivity index (χ3v) is 10.7. The predicted molar refractivity (Wildman–Crippen MR) is 163 cm³/mol. The molecule has 8 nitrogen and oxygen atoms in total. The van der Waals surface area contributed by atoms with Crippen LogP contribution >= 0.6 is 11.6 Å². The Labute approximate surface area is 267 Å². The highest BCUT2D eigenvalue weighted by molar-refractivity contribution is 6.31. The van der Waals surface area contributed by atoms with E-state index in [4.69, 9.17) is 11.6 Å². The molecule has 0 bridgehead atoms. The first kappa shape index (κ1) is 30.1. The van der Waals surface area contributed by atoms with Gasteiger partial charge in [-0.15, -0.1) is 0 Å². The second-order valence-electron chi connectivity index (χ2n) is 12.7. The van der Waals surface area contributed by atoms with Crippen LogP contribution < -0.4 is 4.90 Å². The molecule has 2 aliphatic carbocycles. The summed E-state index contributed by atoms with van der Waals surface area (Å²) < 4.78 is 28.9. The molecule has 2 saturated heterocycles. The molecule has 4 amide bonds. The molecule has 0 unspecified atom stereocenters. The minimum atomic E-state index is -1.51. The van der Waals surface area contributed by atoms with Crippen molar-refractivity contribution >= 4 is 40.9 Å². The van der Waals surface area contributed by atoms with Crippen molar-refractivity contribution in [2.45, 2.75) is 32.1 Å². The van der Waals surface area contributed by atoms with E-state index in [2.05, 4.69) is 0 Å².